The van der Waals surface area contributed by atoms with Crippen LogP contribution in [-0.4, -0.2) is 78.0 Å². The van der Waals surface area contributed by atoms with Gasteiger partial charge in [0.15, 0.2) is 0 Å². The Morgan fingerprint density at radius 1 is 1.20 bits per heavy atom. The zero-order chi connectivity index (χ0) is 19.6. The summed E-state index contributed by atoms with van der Waals surface area (Å²) in [6.45, 7) is 11.1. The van der Waals surface area contributed by atoms with E-state index < -0.39 is 11.6 Å². The van der Waals surface area contributed by atoms with Crippen molar-refractivity contribution >= 4 is 12.1 Å². The normalized spacial score (nSPS) is 12.8. The Kier molecular flexibility index (Phi) is 10.5. The monoisotopic (exact) mass is 360 g/mol. The van der Waals surface area contributed by atoms with Gasteiger partial charge in [-0.3, -0.25) is 0 Å². The van der Waals surface area contributed by atoms with Crippen LogP contribution in [-0.2, 0) is 4.74 Å². The maximum atomic E-state index is 12.3. The highest BCUT2D eigenvalue weighted by Crippen LogP contribution is 2.14. The number of nitrogens with one attached hydrogen (secondary N) is 1. The van der Waals surface area contributed by atoms with Gasteiger partial charge in [0.05, 0.1) is 6.61 Å². The first-order valence-electron chi connectivity index (χ1n) is 8.79. The van der Waals surface area contributed by atoms with Gasteiger partial charge in [0, 0.05) is 44.4 Å². The average Bonchev–Trinajstić information content (AvgIpc) is 2.43. The van der Waals surface area contributed by atoms with Crippen molar-refractivity contribution in [3.05, 3.63) is 0 Å². The number of nitrogens with zero attached hydrogens (tertiary/aromatic N) is 2. The van der Waals surface area contributed by atoms with E-state index in [-0.39, 0.29) is 18.1 Å². The largest absolute Gasteiger partial charge is 0.465 e. The van der Waals surface area contributed by atoms with Crippen LogP contribution in [0.5, 0.6) is 0 Å². The summed E-state index contributed by atoms with van der Waals surface area (Å²) >= 11 is 0. The lowest BCUT2D eigenvalue weighted by molar-refractivity contribution is 0.0980. The fourth-order valence-corrected chi connectivity index (χ4v) is 2.45. The van der Waals surface area contributed by atoms with Crippen LogP contribution in [0.4, 0.5) is 9.59 Å². The molecule has 4 N–H and O–H groups in total. The number of carbonyl (C=O) groups is 2. The number of ether oxygens (including phenoxy) is 1. The summed E-state index contributed by atoms with van der Waals surface area (Å²) in [6.07, 6.45) is 0.448. The molecule has 0 radical (unpaired) electrons. The molecule has 8 nitrogen and oxygen atoms in total. The smallest absolute Gasteiger partial charge is 0.407 e. The maximum Gasteiger partial charge on any atom is 0.407 e. The van der Waals surface area contributed by atoms with Crippen LogP contribution < -0.4 is 11.1 Å². The molecule has 0 fully saturated rings. The van der Waals surface area contributed by atoms with Crippen molar-refractivity contribution in [2.24, 2.45) is 5.73 Å². The maximum absolute atomic E-state index is 12.3. The van der Waals surface area contributed by atoms with Gasteiger partial charge in [-0.15, -0.1) is 0 Å². The molecule has 0 aromatic carbocycles. The number of carbonyl (C=O) groups excluding carboxylic acids is 1. The fraction of sp³-hybridized carbons (Fsp3) is 0.882. The highest BCUT2D eigenvalue weighted by atomic mass is 16.5. The molecule has 0 heterocycles. The Morgan fingerprint density at radius 3 is 2.20 bits per heavy atom. The van der Waals surface area contributed by atoms with Crippen LogP contribution in [0, 0.1) is 0 Å². The lowest BCUT2D eigenvalue weighted by Crippen LogP contribution is -2.49. The van der Waals surface area contributed by atoms with Gasteiger partial charge in [-0.2, -0.15) is 0 Å². The summed E-state index contributed by atoms with van der Waals surface area (Å²) in [5, 5.41) is 12.2. The van der Waals surface area contributed by atoms with Crippen LogP contribution in [0.15, 0.2) is 0 Å². The Labute approximate surface area is 151 Å². The number of rotatable bonds is 10. The molecule has 0 rings (SSSR count). The lowest BCUT2D eigenvalue weighted by Gasteiger charge is -2.33. The zero-order valence-electron chi connectivity index (χ0n) is 16.5. The van der Waals surface area contributed by atoms with Crippen molar-refractivity contribution in [1.82, 2.24) is 15.1 Å². The third kappa shape index (κ3) is 10.1. The number of hydrogen-bond acceptors (Lipinski definition) is 4. The molecular formula is C17H36N4O4. The van der Waals surface area contributed by atoms with Gasteiger partial charge in [0.2, 0.25) is 0 Å². The number of urea groups is 1. The summed E-state index contributed by atoms with van der Waals surface area (Å²) in [5.41, 5.74) is 5.53. The summed E-state index contributed by atoms with van der Waals surface area (Å²) in [4.78, 5) is 26.7. The van der Waals surface area contributed by atoms with E-state index >= 15 is 0 Å². The molecule has 0 spiro atoms. The first-order chi connectivity index (χ1) is 11.5. The van der Waals surface area contributed by atoms with Gasteiger partial charge in [-0.1, -0.05) is 0 Å². The molecule has 0 saturated carbocycles. The molecule has 0 aliphatic carbocycles. The topological polar surface area (TPSA) is 108 Å². The summed E-state index contributed by atoms with van der Waals surface area (Å²) < 4.78 is 5.03. The predicted octanol–water partition coefficient (Wildman–Crippen LogP) is 1.94. The van der Waals surface area contributed by atoms with E-state index in [1.807, 2.05) is 34.6 Å². The number of carboxylic acid groups (broad SMARTS) is 1. The minimum atomic E-state index is -0.927. The van der Waals surface area contributed by atoms with Gasteiger partial charge in [-0.05, 0) is 47.5 Å². The van der Waals surface area contributed by atoms with Crippen LogP contribution in [0.2, 0.25) is 0 Å². The van der Waals surface area contributed by atoms with Gasteiger partial charge >= 0.3 is 12.1 Å². The van der Waals surface area contributed by atoms with Crippen LogP contribution >= 0.6 is 0 Å². The molecule has 0 unspecified atom stereocenters. The lowest BCUT2D eigenvalue weighted by atomic mass is 10.1. The number of nitrogens with two attached hydrogens (primary N) is 1. The average molecular weight is 360 g/mol. The van der Waals surface area contributed by atoms with E-state index in [0.29, 0.717) is 39.1 Å². The minimum Gasteiger partial charge on any atom is -0.465 e. The summed E-state index contributed by atoms with van der Waals surface area (Å²) in [7, 11) is 1.57. The fourth-order valence-electron chi connectivity index (χ4n) is 2.45. The van der Waals surface area contributed by atoms with Crippen LogP contribution in [0.1, 0.15) is 47.5 Å². The van der Waals surface area contributed by atoms with E-state index in [2.05, 4.69) is 5.32 Å². The second-order valence-electron chi connectivity index (χ2n) is 7.58. The Hall–Kier alpha value is -1.54. The molecule has 1 atom stereocenters. The zero-order valence-corrected chi connectivity index (χ0v) is 16.5. The quantitative estimate of drug-likeness (QED) is 0.516. The summed E-state index contributed by atoms with van der Waals surface area (Å²) in [6, 6.07) is -0.377. The third-order valence-electron chi connectivity index (χ3n) is 3.64. The molecule has 0 aromatic heterocycles. The second kappa shape index (κ2) is 11.1. The third-order valence-corrected chi connectivity index (χ3v) is 3.64. The first-order valence-corrected chi connectivity index (χ1v) is 8.79. The van der Waals surface area contributed by atoms with E-state index in [0.717, 1.165) is 0 Å². The van der Waals surface area contributed by atoms with Gasteiger partial charge < -0.3 is 30.7 Å². The van der Waals surface area contributed by atoms with Crippen molar-refractivity contribution in [3.63, 3.8) is 0 Å². The molecule has 0 saturated heterocycles. The molecule has 0 aliphatic heterocycles. The number of unbranched alkanes of at least 4 members (excludes halogenated alkanes) is 1. The van der Waals surface area contributed by atoms with Crippen molar-refractivity contribution in [2.75, 3.05) is 33.4 Å². The molecule has 3 amide bonds. The summed E-state index contributed by atoms with van der Waals surface area (Å²) in [5.74, 6) is 0. The van der Waals surface area contributed by atoms with Crippen molar-refractivity contribution in [2.45, 2.75) is 65.1 Å². The molecule has 0 aromatic rings. The number of amides is 3. The minimum absolute atomic E-state index is 0.0389. The molecule has 0 bridgehead atoms. The molecule has 8 heteroatoms. The van der Waals surface area contributed by atoms with Gasteiger partial charge in [0.25, 0.3) is 0 Å². The van der Waals surface area contributed by atoms with E-state index in [1.165, 1.54) is 4.90 Å². The van der Waals surface area contributed by atoms with Gasteiger partial charge in [-0.25, -0.2) is 9.59 Å². The highest BCUT2D eigenvalue weighted by Gasteiger charge is 2.25. The number of hydrogen-bond donors (Lipinski definition) is 3. The molecular weight excluding hydrogens is 324 g/mol. The Balaban J connectivity index is 4.60. The van der Waals surface area contributed by atoms with Crippen LogP contribution in [0.3, 0.4) is 0 Å². The SMILES string of the molecule is COC[C@H](N)CN(CCCCN(C(=O)O)C(C)(C)C)C(=O)NC(C)C. The molecule has 25 heavy (non-hydrogen) atoms. The van der Waals surface area contributed by atoms with Crippen molar-refractivity contribution in [1.29, 1.82) is 0 Å². The standard InChI is InChI=1S/C17H36N4O4/c1-13(2)19-15(22)20(11-14(18)12-25-6)9-7-8-10-21(16(23)24)17(3,4)5/h13-14H,7-12,18H2,1-6H3,(H,19,22)(H,23,24)/t14-/m1/s1. The van der Waals surface area contributed by atoms with Gasteiger partial charge in [0.1, 0.15) is 0 Å². The van der Waals surface area contributed by atoms with E-state index in [1.54, 1.807) is 12.0 Å². The van der Waals surface area contributed by atoms with Crippen molar-refractivity contribution in [3.8, 4) is 0 Å². The molecule has 0 aliphatic rings. The van der Waals surface area contributed by atoms with Crippen LogP contribution in [0.25, 0.3) is 0 Å². The Morgan fingerprint density at radius 2 is 1.76 bits per heavy atom. The second-order valence-corrected chi connectivity index (χ2v) is 7.58. The first kappa shape index (κ1) is 23.5. The highest BCUT2D eigenvalue weighted by molar-refractivity contribution is 5.74. The number of methoxy groups -OCH3 is 1. The van der Waals surface area contributed by atoms with E-state index in [9.17, 15) is 14.7 Å². The molecule has 148 valence electrons. The van der Waals surface area contributed by atoms with Crippen molar-refractivity contribution < 1.29 is 19.4 Å². The van der Waals surface area contributed by atoms with E-state index in [4.69, 9.17) is 10.5 Å². The predicted molar refractivity (Wildman–Crippen MR) is 98.8 cm³/mol. The Bertz CT molecular complexity index is 410.